The van der Waals surface area contributed by atoms with Crippen molar-refractivity contribution in [1.29, 1.82) is 0 Å². The third-order valence-electron chi connectivity index (χ3n) is 2.64. The van der Waals surface area contributed by atoms with Crippen LogP contribution in [0.3, 0.4) is 0 Å². The molecule has 0 unspecified atom stereocenters. The maximum Gasteiger partial charge on any atom is 0.311 e. The second-order valence-electron chi connectivity index (χ2n) is 4.21. The van der Waals surface area contributed by atoms with Gasteiger partial charge in [0, 0.05) is 24.9 Å². The van der Waals surface area contributed by atoms with Crippen molar-refractivity contribution in [2.75, 3.05) is 33.0 Å². The molecule has 0 heterocycles. The number of likely N-dealkylation sites (N-methyl/N-ethyl adjacent to an activating group) is 1. The Balaban J connectivity index is 0.00000441. The first-order valence-electron chi connectivity index (χ1n) is 6.38. The number of halogens is 1. The SMILES string of the molecule is CNCCNC(=O)CSCc1ccc(OC)c([N+](=O)[O-])c1.Cl. The lowest BCUT2D eigenvalue weighted by molar-refractivity contribution is -0.385. The van der Waals surface area contributed by atoms with E-state index in [2.05, 4.69) is 10.6 Å². The van der Waals surface area contributed by atoms with Crippen LogP contribution in [0.2, 0.25) is 0 Å². The number of hydrogen-bond acceptors (Lipinski definition) is 6. The molecule has 0 saturated heterocycles. The van der Waals surface area contributed by atoms with Gasteiger partial charge in [-0.15, -0.1) is 24.2 Å². The second-order valence-corrected chi connectivity index (χ2v) is 5.20. The van der Waals surface area contributed by atoms with E-state index in [0.717, 1.165) is 12.1 Å². The number of nitrogens with one attached hydrogen (secondary N) is 2. The van der Waals surface area contributed by atoms with Crippen LogP contribution in [0.1, 0.15) is 5.56 Å². The summed E-state index contributed by atoms with van der Waals surface area (Å²) in [5, 5.41) is 16.6. The van der Waals surface area contributed by atoms with E-state index in [1.165, 1.54) is 24.9 Å². The Hall–Kier alpha value is -1.51. The van der Waals surface area contributed by atoms with E-state index >= 15 is 0 Å². The van der Waals surface area contributed by atoms with Crippen LogP contribution in [0.5, 0.6) is 5.75 Å². The summed E-state index contributed by atoms with van der Waals surface area (Å²) in [5.74, 6) is 1.05. The van der Waals surface area contributed by atoms with Crippen LogP contribution >= 0.6 is 24.2 Å². The predicted octanol–water partition coefficient (Wildman–Crippen LogP) is 1.59. The fourth-order valence-electron chi connectivity index (χ4n) is 1.61. The number of carbonyl (C=O) groups excluding carboxylic acids is 1. The molecule has 0 aliphatic carbocycles. The standard InChI is InChI=1S/C13H19N3O4S.ClH/c1-14-5-6-15-13(17)9-21-8-10-3-4-12(20-2)11(7-10)16(18)19;/h3-4,7,14H,5-6,8-9H2,1-2H3,(H,15,17);1H. The Morgan fingerprint density at radius 3 is 2.73 bits per heavy atom. The molecule has 0 saturated carbocycles. The van der Waals surface area contributed by atoms with E-state index < -0.39 is 4.92 Å². The summed E-state index contributed by atoms with van der Waals surface area (Å²) in [7, 11) is 3.21. The summed E-state index contributed by atoms with van der Waals surface area (Å²) in [6, 6.07) is 4.81. The molecule has 1 aromatic carbocycles. The number of carbonyl (C=O) groups is 1. The van der Waals surface area contributed by atoms with Crippen LogP contribution in [0.25, 0.3) is 0 Å². The quantitative estimate of drug-likeness (QED) is 0.399. The zero-order valence-corrected chi connectivity index (χ0v) is 14.1. The average Bonchev–Trinajstić information content (AvgIpc) is 2.47. The number of ether oxygens (including phenoxy) is 1. The number of thioether (sulfide) groups is 1. The van der Waals surface area contributed by atoms with Crippen molar-refractivity contribution >= 4 is 35.8 Å². The minimum absolute atomic E-state index is 0. The fraction of sp³-hybridized carbons (Fsp3) is 0.462. The Morgan fingerprint density at radius 1 is 1.41 bits per heavy atom. The highest BCUT2D eigenvalue weighted by atomic mass is 35.5. The molecule has 2 N–H and O–H groups in total. The van der Waals surface area contributed by atoms with Gasteiger partial charge in [0.2, 0.25) is 5.91 Å². The van der Waals surface area contributed by atoms with E-state index in [0.29, 0.717) is 18.1 Å². The molecular formula is C13H20ClN3O4S. The van der Waals surface area contributed by atoms with Crippen LogP contribution in [0.4, 0.5) is 5.69 Å². The molecule has 124 valence electrons. The van der Waals surface area contributed by atoms with E-state index in [9.17, 15) is 14.9 Å². The molecule has 9 heteroatoms. The maximum absolute atomic E-state index is 11.5. The molecule has 22 heavy (non-hydrogen) atoms. The lowest BCUT2D eigenvalue weighted by Gasteiger charge is -2.06. The van der Waals surface area contributed by atoms with Crippen LogP contribution < -0.4 is 15.4 Å². The largest absolute Gasteiger partial charge is 0.490 e. The first kappa shape index (κ1) is 20.5. The topological polar surface area (TPSA) is 93.5 Å². The smallest absolute Gasteiger partial charge is 0.311 e. The molecule has 1 aromatic rings. The van der Waals surface area contributed by atoms with Crippen molar-refractivity contribution in [2.24, 2.45) is 0 Å². The zero-order chi connectivity index (χ0) is 15.7. The predicted molar refractivity (Wildman–Crippen MR) is 90.0 cm³/mol. The van der Waals surface area contributed by atoms with E-state index in [1.54, 1.807) is 12.1 Å². The van der Waals surface area contributed by atoms with Gasteiger partial charge in [-0.05, 0) is 18.7 Å². The van der Waals surface area contributed by atoms with E-state index in [-0.39, 0.29) is 29.8 Å². The highest BCUT2D eigenvalue weighted by Gasteiger charge is 2.15. The summed E-state index contributed by atoms with van der Waals surface area (Å²) >= 11 is 1.41. The van der Waals surface area contributed by atoms with E-state index in [4.69, 9.17) is 4.74 Å². The first-order valence-corrected chi connectivity index (χ1v) is 7.54. The highest BCUT2D eigenvalue weighted by Crippen LogP contribution is 2.28. The summed E-state index contributed by atoms with van der Waals surface area (Å²) in [4.78, 5) is 21.9. The lowest BCUT2D eigenvalue weighted by atomic mass is 10.2. The molecule has 0 aliphatic heterocycles. The summed E-state index contributed by atoms with van der Waals surface area (Å²) in [5.41, 5.74) is 0.726. The number of nitro benzene ring substituents is 1. The lowest BCUT2D eigenvalue weighted by Crippen LogP contribution is -2.31. The summed E-state index contributed by atoms with van der Waals surface area (Å²) in [6.45, 7) is 1.31. The molecule has 0 aliphatic rings. The van der Waals surface area contributed by atoms with Crippen LogP contribution in [-0.2, 0) is 10.5 Å². The van der Waals surface area contributed by atoms with Crippen molar-refractivity contribution in [3.63, 3.8) is 0 Å². The number of hydrogen-bond donors (Lipinski definition) is 2. The number of rotatable bonds is 9. The van der Waals surface area contributed by atoms with Gasteiger partial charge in [-0.3, -0.25) is 14.9 Å². The molecule has 0 aromatic heterocycles. The van der Waals surface area contributed by atoms with Gasteiger partial charge in [0.25, 0.3) is 0 Å². The van der Waals surface area contributed by atoms with Crippen LogP contribution in [0.15, 0.2) is 18.2 Å². The van der Waals surface area contributed by atoms with Gasteiger partial charge < -0.3 is 15.4 Å². The first-order chi connectivity index (χ1) is 10.1. The zero-order valence-electron chi connectivity index (χ0n) is 12.5. The van der Waals surface area contributed by atoms with Gasteiger partial charge in [0.05, 0.1) is 17.8 Å². The fourth-order valence-corrected chi connectivity index (χ4v) is 2.41. The number of amides is 1. The Kier molecular flexibility index (Phi) is 10.3. The molecule has 7 nitrogen and oxygen atoms in total. The van der Waals surface area contributed by atoms with Crippen molar-refractivity contribution in [2.45, 2.75) is 5.75 Å². The third kappa shape index (κ3) is 6.97. The number of nitrogens with zero attached hydrogens (tertiary/aromatic N) is 1. The summed E-state index contributed by atoms with van der Waals surface area (Å²) in [6.07, 6.45) is 0. The summed E-state index contributed by atoms with van der Waals surface area (Å²) < 4.78 is 4.94. The normalized spacial score (nSPS) is 9.73. The molecule has 0 spiro atoms. The van der Waals surface area contributed by atoms with Gasteiger partial charge >= 0.3 is 5.69 Å². The van der Waals surface area contributed by atoms with Crippen molar-refractivity contribution in [1.82, 2.24) is 10.6 Å². The van der Waals surface area contributed by atoms with E-state index in [1.807, 2.05) is 7.05 Å². The van der Waals surface area contributed by atoms with Gasteiger partial charge in [0.1, 0.15) is 0 Å². The van der Waals surface area contributed by atoms with Crippen molar-refractivity contribution in [3.8, 4) is 5.75 Å². The second kappa shape index (κ2) is 11.1. The molecular weight excluding hydrogens is 330 g/mol. The van der Waals surface area contributed by atoms with Crippen molar-refractivity contribution < 1.29 is 14.5 Å². The van der Waals surface area contributed by atoms with Crippen LogP contribution in [-0.4, -0.2) is 43.8 Å². The Labute approximate surface area is 139 Å². The Morgan fingerprint density at radius 2 is 2.14 bits per heavy atom. The minimum atomic E-state index is -0.475. The molecule has 1 amide bonds. The molecule has 0 fully saturated rings. The van der Waals surface area contributed by atoms with Crippen molar-refractivity contribution in [3.05, 3.63) is 33.9 Å². The number of methoxy groups -OCH3 is 1. The minimum Gasteiger partial charge on any atom is -0.490 e. The average molecular weight is 350 g/mol. The Bertz CT molecular complexity index is 502. The highest BCUT2D eigenvalue weighted by molar-refractivity contribution is 7.99. The maximum atomic E-state index is 11.5. The third-order valence-corrected chi connectivity index (χ3v) is 3.64. The van der Waals surface area contributed by atoms with Gasteiger partial charge in [-0.25, -0.2) is 0 Å². The molecule has 0 radical (unpaired) electrons. The number of nitro groups is 1. The molecule has 0 atom stereocenters. The molecule has 0 bridgehead atoms. The molecule has 1 rings (SSSR count). The van der Waals surface area contributed by atoms with Gasteiger partial charge in [0.15, 0.2) is 5.75 Å². The van der Waals surface area contributed by atoms with Gasteiger partial charge in [-0.1, -0.05) is 6.07 Å². The monoisotopic (exact) mass is 349 g/mol. The number of benzene rings is 1. The van der Waals surface area contributed by atoms with Crippen LogP contribution in [0, 0.1) is 10.1 Å². The van der Waals surface area contributed by atoms with Gasteiger partial charge in [-0.2, -0.15) is 0 Å².